The molecule has 5 aromatic rings. The van der Waals surface area contributed by atoms with E-state index < -0.39 is 72.3 Å². The van der Waals surface area contributed by atoms with Gasteiger partial charge in [0.25, 0.3) is 0 Å². The number of hydrogen-bond acceptors (Lipinski definition) is 9. The molecule has 69 heavy (non-hydrogen) atoms. The third-order valence-electron chi connectivity index (χ3n) is 13.9. The number of amides is 3. The van der Waals surface area contributed by atoms with Gasteiger partial charge in [-0.25, -0.2) is 9.97 Å². The fraction of sp³-hybridized carbons (Fsp3) is 0.423. The summed E-state index contributed by atoms with van der Waals surface area (Å²) in [5.41, 5.74) is 2.51. The largest absolute Gasteiger partial charge is 0.439 e. The van der Waals surface area contributed by atoms with Gasteiger partial charge in [0.2, 0.25) is 23.6 Å². The molecule has 0 spiro atoms. The first kappa shape index (κ1) is 49.3. The molecular formula is C52H57ClF3N7O6. The molecule has 0 radical (unpaired) electrons. The van der Waals surface area contributed by atoms with Crippen molar-refractivity contribution in [3.8, 4) is 22.9 Å². The van der Waals surface area contributed by atoms with Crippen LogP contribution in [0.25, 0.3) is 11.3 Å². The number of ether oxygens (including phenoxy) is 1. The van der Waals surface area contributed by atoms with Crippen molar-refractivity contribution in [2.24, 2.45) is 18.9 Å². The molecule has 3 amide bonds. The van der Waals surface area contributed by atoms with Gasteiger partial charge in [-0.1, -0.05) is 54.1 Å². The lowest BCUT2D eigenvalue weighted by Gasteiger charge is -2.46. The number of imidazole rings is 1. The Balaban J connectivity index is 1.16. The summed E-state index contributed by atoms with van der Waals surface area (Å²) in [5, 5.41) is 14.4. The Bertz CT molecular complexity index is 2690. The number of rotatable bonds is 11. The number of nitrogens with zero attached hydrogens (tertiary/aromatic N) is 6. The summed E-state index contributed by atoms with van der Waals surface area (Å²) < 4.78 is 51.0. The van der Waals surface area contributed by atoms with Crippen molar-refractivity contribution in [2.75, 3.05) is 33.8 Å². The third-order valence-corrected chi connectivity index (χ3v) is 14.2. The normalized spacial score (nSPS) is 22.7. The molecule has 8 rings (SSSR count). The van der Waals surface area contributed by atoms with Crippen LogP contribution < -0.4 is 10.1 Å². The minimum absolute atomic E-state index is 0.0255. The highest BCUT2D eigenvalue weighted by Crippen LogP contribution is 2.43. The molecule has 2 N–H and O–H groups in total. The van der Waals surface area contributed by atoms with Crippen molar-refractivity contribution in [1.82, 2.24) is 34.6 Å². The molecule has 2 aliphatic heterocycles. The standard InChI is InChI=1S/C52H57ClF3N7O6/c1-32-44(65)22-37(30-64)49(67)59-51(25-33-10-16-39(53)17-11-33)20-7-21-62(31-51)50(68)42(41-18-13-34-8-5-6-9-40(34)41)24-48(66)63(32)28-36-12-15-38(52(54,55)56)23-45(36)69-47-19-14-35(26-58-47)43-27-57-46(61(43)4)29-60(2)3/h5-6,8-12,14-17,19,23,26-27,32,37,41-42,64H,7,13,18,20-22,24-25,28-31H2,1-4H3,(H,59,67)/t32-,37-,41+,42-,51+/m0/s1. The monoisotopic (exact) mass is 967 g/mol. The van der Waals surface area contributed by atoms with Gasteiger partial charge in [-0.15, -0.1) is 0 Å². The lowest BCUT2D eigenvalue weighted by Crippen LogP contribution is -2.63. The quantitative estimate of drug-likeness (QED) is 0.135. The van der Waals surface area contributed by atoms with Gasteiger partial charge in [0, 0.05) is 61.4 Å². The second-order valence-corrected chi connectivity index (χ2v) is 19.4. The molecule has 2 bridgehead atoms. The number of aryl methyl sites for hydroxylation is 1. The van der Waals surface area contributed by atoms with E-state index in [0.29, 0.717) is 55.8 Å². The second-order valence-electron chi connectivity index (χ2n) is 19.0. The van der Waals surface area contributed by atoms with Gasteiger partial charge in [0.15, 0.2) is 5.78 Å². The highest BCUT2D eigenvalue weighted by Gasteiger charge is 2.46. The van der Waals surface area contributed by atoms with Crippen LogP contribution in [-0.4, -0.2) is 103 Å². The number of hydrogen-bond donors (Lipinski definition) is 2. The number of halogens is 4. The fourth-order valence-corrected chi connectivity index (χ4v) is 10.3. The molecule has 1 aliphatic carbocycles. The van der Waals surface area contributed by atoms with E-state index in [9.17, 15) is 27.9 Å². The minimum atomic E-state index is -4.76. The van der Waals surface area contributed by atoms with E-state index >= 15 is 9.59 Å². The first-order chi connectivity index (χ1) is 32.9. The van der Waals surface area contributed by atoms with E-state index in [-0.39, 0.29) is 42.0 Å². The maximum Gasteiger partial charge on any atom is 0.416 e. The van der Waals surface area contributed by atoms with Crippen molar-refractivity contribution in [1.29, 1.82) is 0 Å². The van der Waals surface area contributed by atoms with Crippen LogP contribution in [-0.2, 0) is 58.3 Å². The molecule has 3 aliphatic rings. The number of carbonyl (C=O) groups is 4. The average Bonchev–Trinajstić information content (AvgIpc) is 3.91. The zero-order valence-electron chi connectivity index (χ0n) is 39.1. The maximum absolute atomic E-state index is 15.3. The van der Waals surface area contributed by atoms with Crippen LogP contribution in [0.1, 0.15) is 78.6 Å². The first-order valence-corrected chi connectivity index (χ1v) is 23.7. The van der Waals surface area contributed by atoms with Crippen molar-refractivity contribution in [3.05, 3.63) is 130 Å². The summed E-state index contributed by atoms with van der Waals surface area (Å²) in [6.07, 6.45) is 0.401. The van der Waals surface area contributed by atoms with Crippen molar-refractivity contribution in [3.63, 3.8) is 0 Å². The number of Topliss-reactive ketones (excluding diaryl/α,β-unsaturated/α-hetero) is 1. The highest BCUT2D eigenvalue weighted by molar-refractivity contribution is 6.30. The van der Waals surface area contributed by atoms with E-state index in [0.717, 1.165) is 40.3 Å². The zero-order valence-corrected chi connectivity index (χ0v) is 39.9. The molecule has 0 unspecified atom stereocenters. The van der Waals surface area contributed by atoms with Gasteiger partial charge in [0.1, 0.15) is 11.6 Å². The number of nitrogens with one attached hydrogen (secondary N) is 1. The summed E-state index contributed by atoms with van der Waals surface area (Å²) in [6.45, 7) is 1.51. The van der Waals surface area contributed by atoms with Crippen LogP contribution in [0, 0.1) is 11.8 Å². The zero-order chi connectivity index (χ0) is 49.2. The number of ketones is 1. The van der Waals surface area contributed by atoms with E-state index in [1.807, 2.05) is 67.0 Å². The van der Waals surface area contributed by atoms with Crippen LogP contribution in [0.4, 0.5) is 13.2 Å². The minimum Gasteiger partial charge on any atom is -0.439 e. The first-order valence-electron chi connectivity index (χ1n) is 23.3. The number of aromatic nitrogens is 3. The molecule has 4 heterocycles. The Morgan fingerprint density at radius 3 is 2.43 bits per heavy atom. The van der Waals surface area contributed by atoms with Crippen LogP contribution in [0.3, 0.4) is 0 Å². The Labute approximate surface area is 404 Å². The maximum atomic E-state index is 15.3. The number of aliphatic hydroxyl groups excluding tert-OH is 1. The van der Waals surface area contributed by atoms with Crippen LogP contribution in [0.15, 0.2) is 91.3 Å². The van der Waals surface area contributed by atoms with E-state index in [2.05, 4.69) is 15.3 Å². The summed E-state index contributed by atoms with van der Waals surface area (Å²) >= 11 is 6.23. The number of aliphatic hydroxyl groups is 1. The predicted molar refractivity (Wildman–Crippen MR) is 253 cm³/mol. The van der Waals surface area contributed by atoms with E-state index in [1.165, 1.54) is 30.2 Å². The lowest BCUT2D eigenvalue weighted by molar-refractivity contribution is -0.148. The number of benzene rings is 3. The Morgan fingerprint density at radius 1 is 0.957 bits per heavy atom. The molecule has 5 atom stereocenters. The van der Waals surface area contributed by atoms with Crippen molar-refractivity contribution in [2.45, 2.75) is 88.6 Å². The van der Waals surface area contributed by atoms with Crippen LogP contribution >= 0.6 is 11.6 Å². The number of fused-ring (bicyclic) bond motifs is 3. The number of alkyl halides is 3. The molecule has 13 nitrogen and oxygen atoms in total. The highest BCUT2D eigenvalue weighted by atomic mass is 35.5. The molecule has 2 aromatic heterocycles. The van der Waals surface area contributed by atoms with Gasteiger partial charge in [-0.05, 0) is 106 Å². The Hall–Kier alpha value is -6.10. The van der Waals surface area contributed by atoms with Gasteiger partial charge >= 0.3 is 6.18 Å². The fourth-order valence-electron chi connectivity index (χ4n) is 10.2. The third kappa shape index (κ3) is 11.0. The molecular weight excluding hydrogens is 911 g/mol. The van der Waals surface area contributed by atoms with Crippen LogP contribution in [0.5, 0.6) is 11.6 Å². The lowest BCUT2D eigenvalue weighted by atomic mass is 9.79. The molecule has 364 valence electrons. The molecule has 17 heteroatoms. The van der Waals surface area contributed by atoms with Crippen molar-refractivity contribution < 1.29 is 42.2 Å². The average molecular weight is 969 g/mol. The smallest absolute Gasteiger partial charge is 0.416 e. The molecule has 0 saturated carbocycles. The molecule has 2 saturated heterocycles. The predicted octanol–water partition coefficient (Wildman–Crippen LogP) is 7.76. The summed E-state index contributed by atoms with van der Waals surface area (Å²) in [4.78, 5) is 73.1. The summed E-state index contributed by atoms with van der Waals surface area (Å²) in [7, 11) is 5.74. The Morgan fingerprint density at radius 2 is 1.72 bits per heavy atom. The van der Waals surface area contributed by atoms with Gasteiger partial charge < -0.3 is 34.4 Å². The van der Waals surface area contributed by atoms with E-state index in [1.54, 1.807) is 29.3 Å². The number of pyridine rings is 1. The number of piperidine rings is 1. The number of carbonyl (C=O) groups excluding carboxylic acids is 4. The summed E-state index contributed by atoms with van der Waals surface area (Å²) in [5.74, 6) is -3.90. The second kappa shape index (κ2) is 20.5. The summed E-state index contributed by atoms with van der Waals surface area (Å²) in [6, 6.07) is 20.0. The molecule has 2 fully saturated rings. The molecule has 3 aromatic carbocycles. The van der Waals surface area contributed by atoms with E-state index in [4.69, 9.17) is 16.3 Å². The van der Waals surface area contributed by atoms with Gasteiger partial charge in [-0.3, -0.25) is 19.2 Å². The SMILES string of the molecule is C[C@H]1C(=O)C[C@@H](CO)C(=O)N[C@@]2(Cc3ccc(Cl)cc3)CCCN(C2)C(=O)[C@H]([C@@H]2CCc3ccccc32)CC(=O)N1Cc1ccc(C(F)(F)F)cc1Oc1ccc(-c2cnc(CN(C)C)n2C)cn1. The van der Waals surface area contributed by atoms with Gasteiger partial charge in [0.05, 0.1) is 60.6 Å². The topological polar surface area (TPSA) is 150 Å². The van der Waals surface area contributed by atoms with Crippen LogP contribution in [0.2, 0.25) is 5.02 Å². The Kier molecular flexibility index (Phi) is 14.6. The van der Waals surface area contributed by atoms with Gasteiger partial charge in [-0.2, -0.15) is 13.2 Å². The van der Waals surface area contributed by atoms with Crippen molar-refractivity contribution >= 4 is 35.1 Å².